The van der Waals surface area contributed by atoms with Crippen LogP contribution < -0.4 is 0 Å². The molecule has 1 atom stereocenters. The maximum absolute atomic E-state index is 12.0. The molecule has 1 rings (SSSR count). The van der Waals surface area contributed by atoms with E-state index < -0.39 is 11.7 Å². The molecule has 0 aliphatic carbocycles. The Bertz CT molecular complexity index is 291. The molecule has 1 heterocycles. The van der Waals surface area contributed by atoms with Gasteiger partial charge in [-0.1, -0.05) is 0 Å². The Morgan fingerprint density at radius 2 is 2.00 bits per heavy atom. The molecule has 1 saturated heterocycles. The highest BCUT2D eigenvalue weighted by Crippen LogP contribution is 2.33. The van der Waals surface area contributed by atoms with Gasteiger partial charge in [-0.05, 0) is 47.5 Å². The lowest BCUT2D eigenvalue weighted by molar-refractivity contribution is -0.112. The van der Waals surface area contributed by atoms with Crippen molar-refractivity contribution in [2.75, 3.05) is 0 Å². The van der Waals surface area contributed by atoms with Crippen LogP contribution in [0.15, 0.2) is 0 Å². The lowest BCUT2D eigenvalue weighted by atomic mass is 10.0. The second kappa shape index (κ2) is 4.07. The van der Waals surface area contributed by atoms with E-state index in [2.05, 4.69) is 0 Å². The zero-order valence-corrected chi connectivity index (χ0v) is 10.7. The standard InChI is InChI=1S/C12H21NO3/c1-11(2,3)16-10(15)13-9(8-14)6-7-12(13,4)5/h8-9H,6-7H2,1-5H3/t9-/m1/s1. The summed E-state index contributed by atoms with van der Waals surface area (Å²) in [6.45, 7) is 9.39. The zero-order chi connectivity index (χ0) is 12.6. The molecule has 4 heteroatoms. The zero-order valence-electron chi connectivity index (χ0n) is 10.7. The summed E-state index contributed by atoms with van der Waals surface area (Å²) < 4.78 is 5.32. The van der Waals surface area contributed by atoms with E-state index >= 15 is 0 Å². The molecule has 1 amide bonds. The van der Waals surface area contributed by atoms with Crippen LogP contribution in [0.3, 0.4) is 0 Å². The molecule has 0 saturated carbocycles. The van der Waals surface area contributed by atoms with E-state index in [0.29, 0.717) is 0 Å². The molecule has 4 nitrogen and oxygen atoms in total. The van der Waals surface area contributed by atoms with Crippen molar-refractivity contribution in [3.63, 3.8) is 0 Å². The first-order chi connectivity index (χ1) is 7.17. The van der Waals surface area contributed by atoms with Crippen LogP contribution in [0.25, 0.3) is 0 Å². The number of hydrogen-bond acceptors (Lipinski definition) is 3. The molecule has 0 aromatic heterocycles. The molecule has 0 bridgehead atoms. The third-order valence-electron chi connectivity index (χ3n) is 2.78. The van der Waals surface area contributed by atoms with Crippen molar-refractivity contribution in [3.05, 3.63) is 0 Å². The first-order valence-corrected chi connectivity index (χ1v) is 5.65. The van der Waals surface area contributed by atoms with Gasteiger partial charge in [0.25, 0.3) is 0 Å². The first kappa shape index (κ1) is 13.0. The van der Waals surface area contributed by atoms with Gasteiger partial charge < -0.3 is 9.53 Å². The monoisotopic (exact) mass is 227 g/mol. The molecule has 0 unspecified atom stereocenters. The quantitative estimate of drug-likeness (QED) is 0.646. The van der Waals surface area contributed by atoms with Gasteiger partial charge in [0, 0.05) is 5.54 Å². The van der Waals surface area contributed by atoms with E-state index in [0.717, 1.165) is 19.1 Å². The van der Waals surface area contributed by atoms with Gasteiger partial charge in [-0.3, -0.25) is 4.90 Å². The minimum atomic E-state index is -0.525. The SMILES string of the molecule is CC(C)(C)OC(=O)N1[C@@H](C=O)CCC1(C)C. The summed E-state index contributed by atoms with van der Waals surface area (Å²) >= 11 is 0. The molecule has 0 spiro atoms. The van der Waals surface area contributed by atoms with Crippen LogP contribution in [0.4, 0.5) is 4.79 Å². The molecule has 1 fully saturated rings. The van der Waals surface area contributed by atoms with Crippen LogP contribution >= 0.6 is 0 Å². The number of amides is 1. The van der Waals surface area contributed by atoms with E-state index in [1.165, 1.54) is 0 Å². The summed E-state index contributed by atoms with van der Waals surface area (Å²) in [5.74, 6) is 0. The third-order valence-corrected chi connectivity index (χ3v) is 2.78. The molecule has 1 aliphatic heterocycles. The van der Waals surface area contributed by atoms with Gasteiger partial charge in [-0.2, -0.15) is 0 Å². The van der Waals surface area contributed by atoms with Gasteiger partial charge in [0.1, 0.15) is 11.9 Å². The van der Waals surface area contributed by atoms with E-state index in [-0.39, 0.29) is 11.6 Å². The highest BCUT2D eigenvalue weighted by Gasteiger charge is 2.44. The molecular weight excluding hydrogens is 206 g/mol. The molecule has 0 N–H and O–H groups in total. The average Bonchev–Trinajstić information content (AvgIpc) is 2.37. The van der Waals surface area contributed by atoms with Crippen molar-refractivity contribution in [1.82, 2.24) is 4.90 Å². The summed E-state index contributed by atoms with van der Waals surface area (Å²) in [6.07, 6.45) is 1.98. The minimum absolute atomic E-state index is 0.298. The van der Waals surface area contributed by atoms with Crippen LogP contribution in [0.1, 0.15) is 47.5 Å². The Morgan fingerprint density at radius 3 is 2.44 bits per heavy atom. The molecule has 0 aromatic rings. The largest absolute Gasteiger partial charge is 0.444 e. The number of rotatable bonds is 1. The average molecular weight is 227 g/mol. The van der Waals surface area contributed by atoms with E-state index in [4.69, 9.17) is 4.74 Å². The summed E-state index contributed by atoms with van der Waals surface area (Å²) in [6, 6.07) is -0.343. The number of carbonyl (C=O) groups is 2. The van der Waals surface area contributed by atoms with Crippen LogP contribution in [0, 0.1) is 0 Å². The molecule has 0 radical (unpaired) electrons. The number of likely N-dealkylation sites (tertiary alicyclic amines) is 1. The third kappa shape index (κ3) is 2.74. The number of carbonyl (C=O) groups excluding carboxylic acids is 2. The summed E-state index contributed by atoms with van der Waals surface area (Å²) in [5, 5.41) is 0. The molecule has 16 heavy (non-hydrogen) atoms. The topological polar surface area (TPSA) is 46.6 Å². The smallest absolute Gasteiger partial charge is 0.411 e. The van der Waals surface area contributed by atoms with Crippen molar-refractivity contribution >= 4 is 12.4 Å². The van der Waals surface area contributed by atoms with E-state index in [1.807, 2.05) is 34.6 Å². The Labute approximate surface area is 96.9 Å². The van der Waals surface area contributed by atoms with Gasteiger partial charge in [0.05, 0.1) is 6.04 Å². The molecule has 92 valence electrons. The Balaban J connectivity index is 2.83. The first-order valence-electron chi connectivity index (χ1n) is 5.65. The van der Waals surface area contributed by atoms with Gasteiger partial charge >= 0.3 is 6.09 Å². The second-order valence-electron chi connectivity index (χ2n) is 5.90. The fraction of sp³-hybridized carbons (Fsp3) is 0.833. The van der Waals surface area contributed by atoms with Crippen LogP contribution in [0.2, 0.25) is 0 Å². The lowest BCUT2D eigenvalue weighted by Gasteiger charge is -2.35. The predicted octanol–water partition coefficient (Wildman–Crippen LogP) is 2.36. The van der Waals surface area contributed by atoms with Crippen molar-refractivity contribution < 1.29 is 14.3 Å². The Morgan fingerprint density at radius 1 is 1.44 bits per heavy atom. The number of aldehydes is 1. The maximum atomic E-state index is 12.0. The Kier molecular flexibility index (Phi) is 3.31. The summed E-state index contributed by atoms with van der Waals surface area (Å²) in [4.78, 5) is 24.5. The normalized spacial score (nSPS) is 24.3. The summed E-state index contributed by atoms with van der Waals surface area (Å²) in [5.41, 5.74) is -0.822. The molecule has 1 aliphatic rings. The fourth-order valence-electron chi connectivity index (χ4n) is 2.02. The second-order valence-corrected chi connectivity index (χ2v) is 5.90. The van der Waals surface area contributed by atoms with Crippen LogP contribution in [-0.2, 0) is 9.53 Å². The van der Waals surface area contributed by atoms with Gasteiger partial charge in [0.2, 0.25) is 0 Å². The molecule has 0 aromatic carbocycles. The Hall–Kier alpha value is -1.06. The van der Waals surface area contributed by atoms with Crippen molar-refractivity contribution in [3.8, 4) is 0 Å². The number of nitrogens with zero attached hydrogens (tertiary/aromatic N) is 1. The predicted molar refractivity (Wildman–Crippen MR) is 61.2 cm³/mol. The van der Waals surface area contributed by atoms with Gasteiger partial charge in [-0.25, -0.2) is 4.79 Å². The van der Waals surface area contributed by atoms with Crippen molar-refractivity contribution in [2.24, 2.45) is 0 Å². The van der Waals surface area contributed by atoms with Crippen LogP contribution in [0.5, 0.6) is 0 Å². The van der Waals surface area contributed by atoms with Crippen molar-refractivity contribution in [2.45, 2.75) is 64.6 Å². The van der Waals surface area contributed by atoms with Gasteiger partial charge in [-0.15, -0.1) is 0 Å². The molecular formula is C12H21NO3. The lowest BCUT2D eigenvalue weighted by Crippen LogP contribution is -2.49. The number of hydrogen-bond donors (Lipinski definition) is 0. The fourth-order valence-corrected chi connectivity index (χ4v) is 2.02. The van der Waals surface area contributed by atoms with Crippen molar-refractivity contribution in [1.29, 1.82) is 0 Å². The maximum Gasteiger partial charge on any atom is 0.411 e. The highest BCUT2D eigenvalue weighted by molar-refractivity contribution is 5.75. The van der Waals surface area contributed by atoms with Crippen LogP contribution in [-0.4, -0.2) is 34.5 Å². The summed E-state index contributed by atoms with van der Waals surface area (Å²) in [7, 11) is 0. The number of ether oxygens (including phenoxy) is 1. The van der Waals surface area contributed by atoms with Gasteiger partial charge in [0.15, 0.2) is 0 Å². The van der Waals surface area contributed by atoms with E-state index in [1.54, 1.807) is 4.90 Å². The minimum Gasteiger partial charge on any atom is -0.444 e. The van der Waals surface area contributed by atoms with E-state index in [9.17, 15) is 9.59 Å². The highest BCUT2D eigenvalue weighted by atomic mass is 16.6.